The first-order chi connectivity index (χ1) is 5.65. The van der Waals surface area contributed by atoms with Crippen molar-refractivity contribution < 1.29 is 5.11 Å². The van der Waals surface area contributed by atoms with E-state index in [1.807, 2.05) is 14.0 Å². The van der Waals surface area contributed by atoms with Crippen LogP contribution in [-0.2, 0) is 13.5 Å². The number of aryl methyl sites for hydroxylation is 1. The lowest BCUT2D eigenvalue weighted by Gasteiger charge is -2.06. The van der Waals surface area contributed by atoms with Crippen molar-refractivity contribution in [3.05, 3.63) is 17.5 Å². The second-order valence-electron chi connectivity index (χ2n) is 3.03. The van der Waals surface area contributed by atoms with Crippen LogP contribution in [0.2, 0.25) is 0 Å². The molecule has 12 heavy (non-hydrogen) atoms. The molecular weight excluding hydrogens is 154 g/mol. The van der Waals surface area contributed by atoms with Crippen molar-refractivity contribution in [2.45, 2.75) is 19.4 Å². The molecule has 1 aromatic heterocycles. The molecule has 0 saturated heterocycles. The highest BCUT2D eigenvalue weighted by Crippen LogP contribution is 2.07. The second kappa shape index (κ2) is 3.69. The highest BCUT2D eigenvalue weighted by atomic mass is 16.3. The Bertz CT molecular complexity index is 257. The lowest BCUT2D eigenvalue weighted by molar-refractivity contribution is 0.265. The van der Waals surface area contributed by atoms with E-state index in [-0.39, 0.29) is 12.6 Å². The van der Waals surface area contributed by atoms with E-state index in [1.54, 1.807) is 10.9 Å². The first kappa shape index (κ1) is 9.22. The van der Waals surface area contributed by atoms with Crippen LogP contribution in [0.25, 0.3) is 0 Å². The molecule has 1 heterocycles. The predicted molar refractivity (Wildman–Crippen MR) is 46.7 cm³/mol. The zero-order chi connectivity index (χ0) is 9.14. The monoisotopic (exact) mass is 169 g/mol. The van der Waals surface area contributed by atoms with Crippen molar-refractivity contribution in [3.8, 4) is 0 Å². The largest absolute Gasteiger partial charge is 0.395 e. The number of hydrogen-bond acceptors (Lipinski definition) is 3. The Morgan fingerprint density at radius 1 is 1.75 bits per heavy atom. The van der Waals surface area contributed by atoms with Gasteiger partial charge in [0.2, 0.25) is 0 Å². The Kier molecular flexibility index (Phi) is 2.83. The van der Waals surface area contributed by atoms with Gasteiger partial charge in [-0.1, -0.05) is 0 Å². The van der Waals surface area contributed by atoms with Crippen LogP contribution >= 0.6 is 0 Å². The quantitative estimate of drug-likeness (QED) is 0.646. The van der Waals surface area contributed by atoms with Gasteiger partial charge in [-0.25, -0.2) is 0 Å². The SMILES string of the molecule is Cc1c(CC(N)CO)cnn1C. The third kappa shape index (κ3) is 1.84. The van der Waals surface area contributed by atoms with Crippen LogP contribution in [0.3, 0.4) is 0 Å². The van der Waals surface area contributed by atoms with Gasteiger partial charge in [0.25, 0.3) is 0 Å². The average Bonchev–Trinajstić information content (AvgIpc) is 2.36. The van der Waals surface area contributed by atoms with E-state index in [4.69, 9.17) is 10.8 Å². The molecule has 0 aliphatic carbocycles. The summed E-state index contributed by atoms with van der Waals surface area (Å²) < 4.78 is 1.80. The van der Waals surface area contributed by atoms with Gasteiger partial charge in [-0.2, -0.15) is 5.10 Å². The summed E-state index contributed by atoms with van der Waals surface area (Å²) in [5, 5.41) is 12.8. The summed E-state index contributed by atoms with van der Waals surface area (Å²) in [6.45, 7) is 2.01. The van der Waals surface area contributed by atoms with Crippen molar-refractivity contribution in [1.29, 1.82) is 0 Å². The van der Waals surface area contributed by atoms with Gasteiger partial charge in [0.1, 0.15) is 0 Å². The van der Waals surface area contributed by atoms with Gasteiger partial charge in [0.05, 0.1) is 12.8 Å². The highest BCUT2D eigenvalue weighted by molar-refractivity contribution is 5.16. The number of nitrogens with two attached hydrogens (primary N) is 1. The van der Waals surface area contributed by atoms with Gasteiger partial charge in [0.15, 0.2) is 0 Å². The number of hydrogen-bond donors (Lipinski definition) is 2. The van der Waals surface area contributed by atoms with Crippen LogP contribution in [0.15, 0.2) is 6.20 Å². The van der Waals surface area contributed by atoms with Crippen molar-refractivity contribution in [2.24, 2.45) is 12.8 Å². The average molecular weight is 169 g/mol. The molecule has 0 radical (unpaired) electrons. The van der Waals surface area contributed by atoms with Gasteiger partial charge in [0, 0.05) is 18.8 Å². The third-order valence-electron chi connectivity index (χ3n) is 2.05. The Balaban J connectivity index is 2.69. The van der Waals surface area contributed by atoms with Gasteiger partial charge in [-0.05, 0) is 18.9 Å². The molecule has 1 atom stereocenters. The van der Waals surface area contributed by atoms with Gasteiger partial charge in [-0.15, -0.1) is 0 Å². The second-order valence-corrected chi connectivity index (χ2v) is 3.03. The summed E-state index contributed by atoms with van der Waals surface area (Å²) in [6.07, 6.45) is 2.49. The van der Waals surface area contributed by atoms with Crippen molar-refractivity contribution in [1.82, 2.24) is 9.78 Å². The van der Waals surface area contributed by atoms with Crippen molar-refractivity contribution in [2.75, 3.05) is 6.61 Å². The van der Waals surface area contributed by atoms with Crippen LogP contribution in [0.4, 0.5) is 0 Å². The van der Waals surface area contributed by atoms with Gasteiger partial charge >= 0.3 is 0 Å². The van der Waals surface area contributed by atoms with Crippen molar-refractivity contribution >= 4 is 0 Å². The molecule has 0 fully saturated rings. The Labute approximate surface area is 72.0 Å². The number of aromatic nitrogens is 2. The zero-order valence-corrected chi connectivity index (χ0v) is 7.49. The summed E-state index contributed by atoms with van der Waals surface area (Å²) in [4.78, 5) is 0. The smallest absolute Gasteiger partial charge is 0.0585 e. The summed E-state index contributed by atoms with van der Waals surface area (Å²) in [6, 6.07) is -0.173. The van der Waals surface area contributed by atoms with E-state index in [2.05, 4.69) is 5.10 Å². The van der Waals surface area contributed by atoms with Gasteiger partial charge < -0.3 is 10.8 Å². The van der Waals surface area contributed by atoms with E-state index in [0.29, 0.717) is 6.42 Å². The molecule has 68 valence electrons. The Morgan fingerprint density at radius 3 is 2.83 bits per heavy atom. The molecule has 0 spiro atoms. The molecule has 0 aliphatic rings. The molecular formula is C8H15N3O. The van der Waals surface area contributed by atoms with Crippen molar-refractivity contribution in [3.63, 3.8) is 0 Å². The molecule has 0 bridgehead atoms. The fourth-order valence-electron chi connectivity index (χ4n) is 1.09. The van der Waals surface area contributed by atoms with Gasteiger partial charge in [-0.3, -0.25) is 4.68 Å². The number of rotatable bonds is 3. The van der Waals surface area contributed by atoms with Crippen LogP contribution in [0.5, 0.6) is 0 Å². The summed E-state index contributed by atoms with van der Waals surface area (Å²) in [7, 11) is 1.89. The fraction of sp³-hybridized carbons (Fsp3) is 0.625. The highest BCUT2D eigenvalue weighted by Gasteiger charge is 2.07. The van der Waals surface area contributed by atoms with Crippen LogP contribution in [-0.4, -0.2) is 27.5 Å². The molecule has 0 saturated carbocycles. The summed E-state index contributed by atoms with van der Waals surface area (Å²) in [5.41, 5.74) is 7.82. The summed E-state index contributed by atoms with van der Waals surface area (Å²) in [5.74, 6) is 0. The first-order valence-electron chi connectivity index (χ1n) is 3.99. The Morgan fingerprint density at radius 2 is 2.42 bits per heavy atom. The van der Waals surface area contributed by atoms with E-state index in [1.165, 1.54) is 0 Å². The minimum Gasteiger partial charge on any atom is -0.395 e. The Hall–Kier alpha value is -0.870. The fourth-order valence-corrected chi connectivity index (χ4v) is 1.09. The van der Waals surface area contributed by atoms with E-state index < -0.39 is 0 Å². The summed E-state index contributed by atoms with van der Waals surface area (Å²) >= 11 is 0. The topological polar surface area (TPSA) is 64.1 Å². The molecule has 1 aromatic rings. The van der Waals surface area contributed by atoms with Crippen LogP contribution in [0.1, 0.15) is 11.3 Å². The molecule has 0 aromatic carbocycles. The maximum absolute atomic E-state index is 8.74. The van der Waals surface area contributed by atoms with E-state index in [0.717, 1.165) is 11.3 Å². The molecule has 4 nitrogen and oxygen atoms in total. The molecule has 0 amide bonds. The number of aliphatic hydroxyl groups excluding tert-OH is 1. The lowest BCUT2D eigenvalue weighted by Crippen LogP contribution is -2.26. The molecule has 4 heteroatoms. The van der Waals surface area contributed by atoms with Crippen LogP contribution in [0, 0.1) is 6.92 Å². The maximum atomic E-state index is 8.74. The molecule has 1 unspecified atom stereocenters. The molecule has 1 rings (SSSR count). The first-order valence-corrected chi connectivity index (χ1v) is 3.99. The van der Waals surface area contributed by atoms with E-state index in [9.17, 15) is 0 Å². The molecule has 0 aliphatic heterocycles. The third-order valence-corrected chi connectivity index (χ3v) is 2.05. The number of nitrogens with zero attached hydrogens (tertiary/aromatic N) is 2. The standard InChI is InChI=1S/C8H15N3O/c1-6-7(3-8(9)5-12)4-10-11(6)2/h4,8,12H,3,5,9H2,1-2H3. The lowest BCUT2D eigenvalue weighted by atomic mass is 10.1. The van der Waals surface area contributed by atoms with E-state index >= 15 is 0 Å². The van der Waals surface area contributed by atoms with Crippen LogP contribution < -0.4 is 5.73 Å². The minimum atomic E-state index is -0.173. The maximum Gasteiger partial charge on any atom is 0.0585 e. The predicted octanol–water partition coefficient (Wildman–Crippen LogP) is -0.409. The normalized spacial score (nSPS) is 13.3. The number of aliphatic hydroxyl groups is 1. The zero-order valence-electron chi connectivity index (χ0n) is 7.49. The molecule has 3 N–H and O–H groups in total. The minimum absolute atomic E-state index is 0.0222.